The van der Waals surface area contributed by atoms with Crippen molar-refractivity contribution in [2.45, 2.75) is 13.5 Å². The molecular weight excluding hydrogens is 212 g/mol. The van der Waals surface area contributed by atoms with Gasteiger partial charge in [0.2, 0.25) is 0 Å². The van der Waals surface area contributed by atoms with Gasteiger partial charge >= 0.3 is 0 Å². The Bertz CT molecular complexity index is 514. The topological polar surface area (TPSA) is 37.0 Å². The van der Waals surface area contributed by atoms with Gasteiger partial charge in [-0.25, -0.2) is 0 Å². The summed E-state index contributed by atoms with van der Waals surface area (Å²) in [6.45, 7) is 5.97. The summed E-state index contributed by atoms with van der Waals surface area (Å²) >= 11 is 0. The minimum Gasteiger partial charge on any atom is -0.380 e. The fourth-order valence-electron chi connectivity index (χ4n) is 2.36. The van der Waals surface area contributed by atoms with Gasteiger partial charge in [0.05, 0.1) is 13.2 Å². The molecule has 2 aromatic rings. The summed E-state index contributed by atoms with van der Waals surface area (Å²) in [5.74, 6) is 0. The Hall–Kier alpha value is -1.32. The highest BCUT2D eigenvalue weighted by atomic mass is 16.5. The highest BCUT2D eigenvalue weighted by Crippen LogP contribution is 2.25. The maximum Gasteiger partial charge on any atom is 0.0554 e. The van der Waals surface area contributed by atoms with Crippen LogP contribution in [0.5, 0.6) is 0 Å². The molecule has 0 saturated carbocycles. The molecule has 1 aliphatic heterocycles. The Morgan fingerprint density at radius 3 is 3.00 bits per heavy atom. The van der Waals surface area contributed by atoms with E-state index in [4.69, 9.17) is 4.74 Å². The Labute approximate surface area is 101 Å². The van der Waals surface area contributed by atoms with Crippen molar-refractivity contribution in [1.82, 2.24) is 10.3 Å². The fraction of sp³-hybridized carbons (Fsp3) is 0.429. The van der Waals surface area contributed by atoms with Crippen molar-refractivity contribution >= 4 is 10.9 Å². The van der Waals surface area contributed by atoms with Gasteiger partial charge in [-0.2, -0.15) is 0 Å². The average Bonchev–Trinajstić information content (AvgIpc) is 2.75. The summed E-state index contributed by atoms with van der Waals surface area (Å²) in [7, 11) is 0. The van der Waals surface area contributed by atoms with Gasteiger partial charge in [-0.15, -0.1) is 0 Å². The molecule has 0 bridgehead atoms. The van der Waals surface area contributed by atoms with Crippen LogP contribution in [0.15, 0.2) is 30.5 Å². The number of hydrogen-bond donors (Lipinski definition) is 2. The molecular formula is C14H18N2O. The molecule has 1 fully saturated rings. The molecule has 0 atom stereocenters. The van der Waals surface area contributed by atoms with Crippen LogP contribution in [0, 0.1) is 5.41 Å². The van der Waals surface area contributed by atoms with Crippen molar-refractivity contribution in [3.63, 3.8) is 0 Å². The second-order valence-corrected chi connectivity index (χ2v) is 5.26. The molecule has 1 aromatic carbocycles. The van der Waals surface area contributed by atoms with E-state index in [2.05, 4.69) is 41.5 Å². The predicted octanol–water partition coefficient (Wildman–Crippen LogP) is 2.29. The second-order valence-electron chi connectivity index (χ2n) is 5.26. The van der Waals surface area contributed by atoms with E-state index in [9.17, 15) is 0 Å². The second kappa shape index (κ2) is 4.17. The van der Waals surface area contributed by atoms with E-state index in [-0.39, 0.29) is 0 Å². The number of rotatable bonds is 4. The lowest BCUT2D eigenvalue weighted by molar-refractivity contribution is -0.0991. The largest absolute Gasteiger partial charge is 0.380 e. The number of H-pyrrole nitrogens is 1. The molecule has 2 heterocycles. The summed E-state index contributed by atoms with van der Waals surface area (Å²) < 4.78 is 5.25. The standard InChI is InChI=1S/C14H18N2O/c1-14(9-17-10-14)8-15-7-11-3-2-4-13-12(11)5-6-16-13/h2-6,15-16H,7-10H2,1H3. The lowest BCUT2D eigenvalue weighted by Crippen LogP contribution is -2.47. The first-order valence-corrected chi connectivity index (χ1v) is 6.10. The number of aromatic amines is 1. The molecule has 0 aliphatic carbocycles. The summed E-state index contributed by atoms with van der Waals surface area (Å²) in [6, 6.07) is 8.53. The van der Waals surface area contributed by atoms with Crippen molar-refractivity contribution in [2.75, 3.05) is 19.8 Å². The SMILES string of the molecule is CC1(CNCc2cccc3[nH]ccc23)COC1. The maximum absolute atomic E-state index is 5.25. The summed E-state index contributed by atoms with van der Waals surface area (Å²) in [5.41, 5.74) is 2.90. The first-order valence-electron chi connectivity index (χ1n) is 6.10. The molecule has 3 heteroatoms. The first-order chi connectivity index (χ1) is 8.27. The smallest absolute Gasteiger partial charge is 0.0554 e. The van der Waals surface area contributed by atoms with E-state index in [1.165, 1.54) is 16.5 Å². The van der Waals surface area contributed by atoms with Crippen molar-refractivity contribution in [1.29, 1.82) is 0 Å². The Morgan fingerprint density at radius 2 is 2.24 bits per heavy atom. The molecule has 0 unspecified atom stereocenters. The first kappa shape index (κ1) is 10.8. The molecule has 0 radical (unpaired) electrons. The van der Waals surface area contributed by atoms with Crippen molar-refractivity contribution < 1.29 is 4.74 Å². The van der Waals surface area contributed by atoms with Crippen molar-refractivity contribution in [2.24, 2.45) is 5.41 Å². The van der Waals surface area contributed by atoms with Gasteiger partial charge < -0.3 is 15.0 Å². The number of benzene rings is 1. The highest BCUT2D eigenvalue weighted by Gasteiger charge is 2.32. The van der Waals surface area contributed by atoms with Crippen LogP contribution in [0.2, 0.25) is 0 Å². The third-order valence-corrected chi connectivity index (χ3v) is 3.45. The van der Waals surface area contributed by atoms with Crippen LogP contribution in [-0.4, -0.2) is 24.7 Å². The Morgan fingerprint density at radius 1 is 1.35 bits per heavy atom. The third kappa shape index (κ3) is 2.08. The highest BCUT2D eigenvalue weighted by molar-refractivity contribution is 5.82. The van der Waals surface area contributed by atoms with Gasteiger partial charge in [-0.3, -0.25) is 0 Å². The summed E-state index contributed by atoms with van der Waals surface area (Å²) in [4.78, 5) is 3.24. The lowest BCUT2D eigenvalue weighted by atomic mass is 9.89. The van der Waals surface area contributed by atoms with Crippen LogP contribution in [0.4, 0.5) is 0 Å². The zero-order chi connectivity index (χ0) is 11.7. The van der Waals surface area contributed by atoms with Crippen LogP contribution in [0.3, 0.4) is 0 Å². The van der Waals surface area contributed by atoms with E-state index in [0.717, 1.165) is 26.3 Å². The minimum absolute atomic E-state index is 0.339. The van der Waals surface area contributed by atoms with E-state index in [0.29, 0.717) is 5.41 Å². The van der Waals surface area contributed by atoms with Crippen LogP contribution in [-0.2, 0) is 11.3 Å². The van der Waals surface area contributed by atoms with Gasteiger partial charge in [0.1, 0.15) is 0 Å². The lowest BCUT2D eigenvalue weighted by Gasteiger charge is -2.38. The quantitative estimate of drug-likeness (QED) is 0.845. The van der Waals surface area contributed by atoms with Gasteiger partial charge in [0.15, 0.2) is 0 Å². The van der Waals surface area contributed by atoms with Crippen LogP contribution in [0.25, 0.3) is 10.9 Å². The number of ether oxygens (including phenoxy) is 1. The van der Waals surface area contributed by atoms with E-state index < -0.39 is 0 Å². The number of hydrogen-bond acceptors (Lipinski definition) is 2. The molecule has 1 saturated heterocycles. The van der Waals surface area contributed by atoms with Crippen molar-refractivity contribution in [3.05, 3.63) is 36.0 Å². The molecule has 90 valence electrons. The maximum atomic E-state index is 5.25. The van der Waals surface area contributed by atoms with Crippen LogP contribution in [0.1, 0.15) is 12.5 Å². The predicted molar refractivity (Wildman–Crippen MR) is 68.9 cm³/mol. The monoisotopic (exact) mass is 230 g/mol. The molecule has 1 aliphatic rings. The third-order valence-electron chi connectivity index (χ3n) is 3.45. The normalized spacial score (nSPS) is 18.2. The molecule has 1 aromatic heterocycles. The molecule has 0 spiro atoms. The Kier molecular flexibility index (Phi) is 2.65. The summed E-state index contributed by atoms with van der Waals surface area (Å²) in [6.07, 6.45) is 2.00. The molecule has 3 rings (SSSR count). The van der Waals surface area contributed by atoms with Gasteiger partial charge in [-0.1, -0.05) is 19.1 Å². The number of aromatic nitrogens is 1. The molecule has 3 nitrogen and oxygen atoms in total. The zero-order valence-electron chi connectivity index (χ0n) is 10.1. The van der Waals surface area contributed by atoms with Crippen LogP contribution >= 0.6 is 0 Å². The van der Waals surface area contributed by atoms with Gasteiger partial charge in [0.25, 0.3) is 0 Å². The Balaban J connectivity index is 1.66. The number of fused-ring (bicyclic) bond motifs is 1. The minimum atomic E-state index is 0.339. The molecule has 0 amide bonds. The van der Waals surface area contributed by atoms with Crippen LogP contribution < -0.4 is 5.32 Å². The number of nitrogens with one attached hydrogen (secondary N) is 2. The van der Waals surface area contributed by atoms with Crippen molar-refractivity contribution in [3.8, 4) is 0 Å². The fourth-order valence-corrected chi connectivity index (χ4v) is 2.36. The van der Waals surface area contributed by atoms with E-state index in [1.807, 2.05) is 6.20 Å². The summed E-state index contributed by atoms with van der Waals surface area (Å²) in [5, 5.41) is 4.85. The average molecular weight is 230 g/mol. The molecule has 2 N–H and O–H groups in total. The van der Waals surface area contributed by atoms with E-state index in [1.54, 1.807) is 0 Å². The van der Waals surface area contributed by atoms with Gasteiger partial charge in [-0.05, 0) is 17.7 Å². The van der Waals surface area contributed by atoms with Gasteiger partial charge in [0, 0.05) is 35.6 Å². The van der Waals surface area contributed by atoms with E-state index >= 15 is 0 Å². The molecule has 17 heavy (non-hydrogen) atoms. The zero-order valence-corrected chi connectivity index (χ0v) is 10.1.